The maximum atomic E-state index is 12.1. The Balaban J connectivity index is 2.32. The number of benzene rings is 1. The topological polar surface area (TPSA) is 67.2 Å². The predicted molar refractivity (Wildman–Crippen MR) is 83.8 cm³/mol. The molecule has 1 atom stereocenters. The molecule has 0 bridgehead atoms. The van der Waals surface area contributed by atoms with Crippen molar-refractivity contribution in [3.63, 3.8) is 0 Å². The van der Waals surface area contributed by atoms with Crippen LogP contribution in [0.4, 0.5) is 0 Å². The minimum atomic E-state index is -0.0705. The van der Waals surface area contributed by atoms with Gasteiger partial charge >= 0.3 is 5.69 Å². The van der Waals surface area contributed by atoms with Crippen LogP contribution in [-0.2, 0) is 6.54 Å². The van der Waals surface area contributed by atoms with Gasteiger partial charge in [-0.05, 0) is 24.5 Å². The Morgan fingerprint density at radius 2 is 2.19 bits per heavy atom. The van der Waals surface area contributed by atoms with Crippen molar-refractivity contribution in [2.24, 2.45) is 5.92 Å². The van der Waals surface area contributed by atoms with Crippen molar-refractivity contribution in [3.8, 4) is 5.75 Å². The zero-order valence-electron chi connectivity index (χ0n) is 12.8. The molecule has 2 aromatic rings. The normalized spacial score (nSPS) is 12.7. The van der Waals surface area contributed by atoms with Crippen molar-refractivity contribution in [1.82, 2.24) is 9.55 Å². The lowest BCUT2D eigenvalue weighted by Crippen LogP contribution is -2.21. The first-order valence-electron chi connectivity index (χ1n) is 7.65. The molecule has 21 heavy (non-hydrogen) atoms. The number of imidazole rings is 1. The third kappa shape index (κ3) is 3.67. The van der Waals surface area contributed by atoms with Crippen LogP contribution in [0.5, 0.6) is 5.75 Å². The van der Waals surface area contributed by atoms with Crippen LogP contribution >= 0.6 is 0 Å². The Bertz CT molecular complexity index is 630. The Morgan fingerprint density at radius 3 is 2.86 bits per heavy atom. The number of aromatic nitrogens is 2. The van der Waals surface area contributed by atoms with Crippen LogP contribution < -0.4 is 10.4 Å². The molecule has 1 heterocycles. The van der Waals surface area contributed by atoms with Gasteiger partial charge in [-0.2, -0.15) is 0 Å². The van der Waals surface area contributed by atoms with Gasteiger partial charge in [0.2, 0.25) is 0 Å². The largest absolute Gasteiger partial charge is 0.491 e. The average Bonchev–Trinajstić information content (AvgIpc) is 2.80. The number of fused-ring (bicyclic) bond motifs is 1. The number of aliphatic hydroxyl groups excluding tert-OH is 1. The number of nitrogens with zero attached hydrogens (tertiary/aromatic N) is 1. The molecule has 5 heteroatoms. The maximum absolute atomic E-state index is 12.1. The molecule has 5 nitrogen and oxygen atoms in total. The summed E-state index contributed by atoms with van der Waals surface area (Å²) in [4.78, 5) is 15.0. The summed E-state index contributed by atoms with van der Waals surface area (Å²) in [5, 5.41) is 8.82. The molecule has 0 aliphatic carbocycles. The minimum absolute atomic E-state index is 0.0214. The van der Waals surface area contributed by atoms with Crippen molar-refractivity contribution < 1.29 is 9.84 Å². The highest BCUT2D eigenvalue weighted by Crippen LogP contribution is 2.21. The first kappa shape index (κ1) is 15.6. The van der Waals surface area contributed by atoms with E-state index in [1.54, 1.807) is 4.57 Å². The van der Waals surface area contributed by atoms with Crippen LogP contribution in [0.15, 0.2) is 23.0 Å². The highest BCUT2D eigenvalue weighted by atomic mass is 16.5. The summed E-state index contributed by atoms with van der Waals surface area (Å²) in [6.45, 7) is 5.30. The van der Waals surface area contributed by atoms with Crippen LogP contribution in [0, 0.1) is 5.92 Å². The van der Waals surface area contributed by atoms with E-state index in [2.05, 4.69) is 18.8 Å². The number of H-pyrrole nitrogens is 1. The smallest absolute Gasteiger partial charge is 0.326 e. The lowest BCUT2D eigenvalue weighted by molar-refractivity contribution is 0.201. The molecule has 0 aliphatic heterocycles. The number of aliphatic hydroxyl groups is 1. The van der Waals surface area contributed by atoms with E-state index in [1.807, 2.05) is 18.2 Å². The molecule has 0 spiro atoms. The number of ether oxygens (including phenoxy) is 1. The SMILES string of the molecule is CCC[C@@H](CC)Cn1c(=O)[nH]c2ccc(OCCO)cc21. The molecule has 0 saturated carbocycles. The van der Waals surface area contributed by atoms with Crippen molar-refractivity contribution in [1.29, 1.82) is 0 Å². The Kier molecular flexibility index (Phi) is 5.44. The monoisotopic (exact) mass is 292 g/mol. The summed E-state index contributed by atoms with van der Waals surface area (Å²) in [6.07, 6.45) is 3.31. The van der Waals surface area contributed by atoms with E-state index in [0.717, 1.165) is 36.8 Å². The zero-order valence-corrected chi connectivity index (χ0v) is 12.8. The summed E-state index contributed by atoms with van der Waals surface area (Å²) >= 11 is 0. The van der Waals surface area contributed by atoms with Crippen molar-refractivity contribution in [2.45, 2.75) is 39.7 Å². The lowest BCUT2D eigenvalue weighted by atomic mass is 10.0. The Morgan fingerprint density at radius 1 is 1.38 bits per heavy atom. The molecule has 0 aliphatic rings. The van der Waals surface area contributed by atoms with E-state index in [9.17, 15) is 4.79 Å². The van der Waals surface area contributed by atoms with Crippen LogP contribution in [0.2, 0.25) is 0 Å². The fraction of sp³-hybridized carbons (Fsp3) is 0.562. The summed E-state index contributed by atoms with van der Waals surface area (Å²) in [7, 11) is 0. The van der Waals surface area contributed by atoms with Crippen LogP contribution in [0.1, 0.15) is 33.1 Å². The molecule has 0 amide bonds. The fourth-order valence-electron chi connectivity index (χ4n) is 2.66. The van der Waals surface area contributed by atoms with Gasteiger partial charge in [-0.3, -0.25) is 4.57 Å². The number of aromatic amines is 1. The maximum Gasteiger partial charge on any atom is 0.326 e. The number of hydrogen-bond donors (Lipinski definition) is 2. The fourth-order valence-corrected chi connectivity index (χ4v) is 2.66. The molecule has 0 saturated heterocycles. The van der Waals surface area contributed by atoms with Gasteiger partial charge < -0.3 is 14.8 Å². The highest BCUT2D eigenvalue weighted by Gasteiger charge is 2.12. The van der Waals surface area contributed by atoms with E-state index < -0.39 is 0 Å². The van der Waals surface area contributed by atoms with E-state index in [1.165, 1.54) is 0 Å². The minimum Gasteiger partial charge on any atom is -0.491 e. The average molecular weight is 292 g/mol. The summed E-state index contributed by atoms with van der Waals surface area (Å²) in [6, 6.07) is 5.52. The van der Waals surface area contributed by atoms with Gasteiger partial charge in [0, 0.05) is 12.6 Å². The molecule has 0 fully saturated rings. The molecular formula is C16H24N2O3. The lowest BCUT2D eigenvalue weighted by Gasteiger charge is -2.14. The quantitative estimate of drug-likeness (QED) is 0.785. The summed E-state index contributed by atoms with van der Waals surface area (Å²) < 4.78 is 7.22. The van der Waals surface area contributed by atoms with Gasteiger partial charge in [0.1, 0.15) is 12.4 Å². The van der Waals surface area contributed by atoms with Crippen molar-refractivity contribution in [3.05, 3.63) is 28.7 Å². The van der Waals surface area contributed by atoms with Crippen LogP contribution in [0.25, 0.3) is 11.0 Å². The van der Waals surface area contributed by atoms with Crippen LogP contribution in [0.3, 0.4) is 0 Å². The second kappa shape index (κ2) is 7.31. The van der Waals surface area contributed by atoms with Gasteiger partial charge in [0.05, 0.1) is 17.6 Å². The van der Waals surface area contributed by atoms with E-state index in [0.29, 0.717) is 11.7 Å². The molecule has 1 aromatic carbocycles. The number of nitrogens with one attached hydrogen (secondary N) is 1. The first-order chi connectivity index (χ1) is 10.2. The first-order valence-corrected chi connectivity index (χ1v) is 7.65. The second-order valence-corrected chi connectivity index (χ2v) is 5.35. The van der Waals surface area contributed by atoms with Crippen molar-refractivity contribution >= 4 is 11.0 Å². The Hall–Kier alpha value is -1.75. The third-order valence-corrected chi connectivity index (χ3v) is 3.82. The standard InChI is InChI=1S/C16H24N2O3/c1-3-5-12(4-2)11-18-15-10-13(21-9-8-19)6-7-14(15)17-16(18)20/h6-7,10,12,19H,3-5,8-9,11H2,1-2H3,(H,17,20)/t12-/m1/s1. The number of hydrogen-bond acceptors (Lipinski definition) is 3. The predicted octanol–water partition coefficient (Wildman–Crippen LogP) is 2.53. The molecule has 116 valence electrons. The van der Waals surface area contributed by atoms with Gasteiger partial charge in [0.15, 0.2) is 0 Å². The van der Waals surface area contributed by atoms with Gasteiger partial charge in [-0.15, -0.1) is 0 Å². The van der Waals surface area contributed by atoms with Gasteiger partial charge in [-0.25, -0.2) is 4.79 Å². The Labute approximate surface area is 124 Å². The molecule has 2 N–H and O–H groups in total. The van der Waals surface area contributed by atoms with E-state index in [4.69, 9.17) is 9.84 Å². The zero-order chi connectivity index (χ0) is 15.2. The van der Waals surface area contributed by atoms with E-state index >= 15 is 0 Å². The summed E-state index contributed by atoms with van der Waals surface area (Å²) in [5.41, 5.74) is 1.62. The molecule has 0 unspecified atom stereocenters. The summed E-state index contributed by atoms with van der Waals surface area (Å²) in [5.74, 6) is 1.18. The molecular weight excluding hydrogens is 268 g/mol. The van der Waals surface area contributed by atoms with Gasteiger partial charge in [-0.1, -0.05) is 26.7 Å². The third-order valence-electron chi connectivity index (χ3n) is 3.82. The number of rotatable bonds is 8. The highest BCUT2D eigenvalue weighted by molar-refractivity contribution is 5.77. The molecule has 1 aromatic heterocycles. The van der Waals surface area contributed by atoms with Gasteiger partial charge in [0.25, 0.3) is 0 Å². The van der Waals surface area contributed by atoms with Crippen LogP contribution in [-0.4, -0.2) is 27.9 Å². The molecule has 2 rings (SSSR count). The van der Waals surface area contributed by atoms with E-state index in [-0.39, 0.29) is 18.9 Å². The van der Waals surface area contributed by atoms with Crippen molar-refractivity contribution in [2.75, 3.05) is 13.2 Å². The molecule has 0 radical (unpaired) electrons. The second-order valence-electron chi connectivity index (χ2n) is 5.35.